The lowest BCUT2D eigenvalue weighted by Crippen LogP contribution is -2.49. The van der Waals surface area contributed by atoms with Crippen molar-refractivity contribution in [3.05, 3.63) is 71.5 Å². The summed E-state index contributed by atoms with van der Waals surface area (Å²) in [7, 11) is 0. The van der Waals surface area contributed by atoms with E-state index in [9.17, 15) is 4.79 Å². The minimum absolute atomic E-state index is 0.111. The molecular formula is C19H20N4OS. The first-order valence-corrected chi connectivity index (χ1v) is 9.32. The van der Waals surface area contributed by atoms with Crippen LogP contribution < -0.4 is 4.90 Å². The van der Waals surface area contributed by atoms with Crippen LogP contribution in [0.1, 0.15) is 16.1 Å². The highest BCUT2D eigenvalue weighted by Crippen LogP contribution is 2.20. The van der Waals surface area contributed by atoms with Gasteiger partial charge in [0, 0.05) is 50.5 Å². The Balaban J connectivity index is 1.43. The van der Waals surface area contributed by atoms with E-state index in [0.717, 1.165) is 37.0 Å². The fourth-order valence-electron chi connectivity index (χ4n) is 3.16. The van der Waals surface area contributed by atoms with Crippen molar-refractivity contribution in [2.24, 2.45) is 0 Å². The normalized spacial score (nSPS) is 14.7. The Kier molecular flexibility index (Phi) is 4.52. The summed E-state index contributed by atoms with van der Waals surface area (Å²) in [5, 5.41) is 3.03. The predicted octanol–water partition coefficient (Wildman–Crippen LogP) is 2.96. The zero-order chi connectivity index (χ0) is 17.1. The van der Waals surface area contributed by atoms with E-state index < -0.39 is 0 Å². The zero-order valence-electron chi connectivity index (χ0n) is 13.9. The summed E-state index contributed by atoms with van der Waals surface area (Å²) in [4.78, 5) is 21.5. The van der Waals surface area contributed by atoms with E-state index >= 15 is 0 Å². The number of aromatic nitrogens is 2. The van der Waals surface area contributed by atoms with Crippen molar-refractivity contribution in [3.63, 3.8) is 0 Å². The van der Waals surface area contributed by atoms with Gasteiger partial charge in [0.1, 0.15) is 5.69 Å². The third kappa shape index (κ3) is 3.44. The van der Waals surface area contributed by atoms with Gasteiger partial charge in [0.15, 0.2) is 5.13 Å². The summed E-state index contributed by atoms with van der Waals surface area (Å²) in [6, 6.07) is 14.1. The monoisotopic (exact) mass is 352 g/mol. The lowest BCUT2D eigenvalue weighted by molar-refractivity contribution is 0.0736. The molecule has 6 heteroatoms. The zero-order valence-corrected chi connectivity index (χ0v) is 14.7. The molecule has 0 aliphatic carbocycles. The minimum atomic E-state index is 0.111. The molecule has 0 unspecified atom stereocenters. The molecule has 1 aliphatic heterocycles. The van der Waals surface area contributed by atoms with Gasteiger partial charge in [-0.1, -0.05) is 30.3 Å². The fourth-order valence-corrected chi connectivity index (χ4v) is 3.86. The number of thiazole rings is 1. The molecule has 0 bridgehead atoms. The molecule has 0 N–H and O–H groups in total. The van der Waals surface area contributed by atoms with E-state index in [2.05, 4.69) is 22.0 Å². The molecule has 0 radical (unpaired) electrons. The fraction of sp³-hybridized carbons (Fsp3) is 0.263. The second-order valence-corrected chi connectivity index (χ2v) is 6.97. The molecule has 0 atom stereocenters. The number of nitrogens with zero attached hydrogens (tertiary/aromatic N) is 4. The Hall–Kier alpha value is -2.60. The van der Waals surface area contributed by atoms with Gasteiger partial charge in [-0.25, -0.2) is 4.98 Å². The third-order valence-corrected chi connectivity index (χ3v) is 5.33. The summed E-state index contributed by atoms with van der Waals surface area (Å²) in [6.45, 7) is 3.84. The average molecular weight is 352 g/mol. The van der Waals surface area contributed by atoms with Crippen LogP contribution in [-0.4, -0.2) is 46.5 Å². The highest BCUT2D eigenvalue weighted by molar-refractivity contribution is 7.13. The van der Waals surface area contributed by atoms with Crippen molar-refractivity contribution in [2.75, 3.05) is 31.1 Å². The van der Waals surface area contributed by atoms with E-state index in [1.807, 2.05) is 57.6 Å². The van der Waals surface area contributed by atoms with Crippen LogP contribution in [0.3, 0.4) is 0 Å². The van der Waals surface area contributed by atoms with Gasteiger partial charge in [0.05, 0.1) is 0 Å². The van der Waals surface area contributed by atoms with Crippen LogP contribution in [0, 0.1) is 0 Å². The van der Waals surface area contributed by atoms with Crippen molar-refractivity contribution >= 4 is 22.4 Å². The molecule has 25 heavy (non-hydrogen) atoms. The van der Waals surface area contributed by atoms with Gasteiger partial charge in [0.2, 0.25) is 0 Å². The third-order valence-electron chi connectivity index (χ3n) is 4.50. The molecule has 2 aromatic heterocycles. The lowest BCUT2D eigenvalue weighted by Gasteiger charge is -2.34. The van der Waals surface area contributed by atoms with Crippen LogP contribution in [0.4, 0.5) is 5.13 Å². The average Bonchev–Trinajstić information content (AvgIpc) is 3.34. The van der Waals surface area contributed by atoms with Crippen LogP contribution >= 0.6 is 11.3 Å². The first-order chi connectivity index (χ1) is 12.3. The van der Waals surface area contributed by atoms with Crippen molar-refractivity contribution < 1.29 is 4.79 Å². The Morgan fingerprint density at radius 3 is 2.56 bits per heavy atom. The van der Waals surface area contributed by atoms with Gasteiger partial charge in [-0.15, -0.1) is 11.3 Å². The lowest BCUT2D eigenvalue weighted by atomic mass is 10.2. The van der Waals surface area contributed by atoms with Crippen molar-refractivity contribution in [1.82, 2.24) is 14.5 Å². The molecule has 3 aromatic rings. The molecule has 1 aliphatic rings. The molecule has 0 saturated carbocycles. The van der Waals surface area contributed by atoms with E-state index in [1.54, 1.807) is 11.3 Å². The predicted molar refractivity (Wildman–Crippen MR) is 100 cm³/mol. The summed E-state index contributed by atoms with van der Waals surface area (Å²) >= 11 is 1.65. The van der Waals surface area contributed by atoms with Gasteiger partial charge < -0.3 is 14.4 Å². The van der Waals surface area contributed by atoms with Crippen molar-refractivity contribution in [3.8, 4) is 0 Å². The molecule has 3 heterocycles. The molecule has 1 fully saturated rings. The Morgan fingerprint density at radius 1 is 1.04 bits per heavy atom. The Bertz CT molecular complexity index is 820. The van der Waals surface area contributed by atoms with Crippen LogP contribution in [0.25, 0.3) is 0 Å². The number of hydrogen-bond donors (Lipinski definition) is 0. The molecule has 0 spiro atoms. The summed E-state index contributed by atoms with van der Waals surface area (Å²) in [5.74, 6) is 0.111. The second kappa shape index (κ2) is 7.11. The molecule has 1 aromatic carbocycles. The largest absolute Gasteiger partial charge is 0.345 e. The maximum atomic E-state index is 12.9. The number of benzene rings is 1. The standard InChI is InChI=1S/C19H20N4OS/c24-18(21-10-12-22(13-11-21)19-20-8-14-25-19)17-7-4-9-23(17)15-16-5-2-1-3-6-16/h1-9,14H,10-13,15H2. The molecule has 1 amide bonds. The number of anilines is 1. The van der Waals surface area contributed by atoms with Crippen LogP contribution in [0.5, 0.6) is 0 Å². The first kappa shape index (κ1) is 15.9. The number of carbonyl (C=O) groups is 1. The summed E-state index contributed by atoms with van der Waals surface area (Å²) in [6.07, 6.45) is 3.81. The van der Waals surface area contributed by atoms with Gasteiger partial charge >= 0.3 is 0 Å². The molecular weight excluding hydrogens is 332 g/mol. The van der Waals surface area contributed by atoms with E-state index in [0.29, 0.717) is 6.54 Å². The van der Waals surface area contributed by atoms with E-state index in [-0.39, 0.29) is 5.91 Å². The van der Waals surface area contributed by atoms with Crippen molar-refractivity contribution in [2.45, 2.75) is 6.54 Å². The quantitative estimate of drug-likeness (QED) is 0.725. The highest BCUT2D eigenvalue weighted by Gasteiger charge is 2.24. The molecule has 128 valence electrons. The van der Waals surface area contributed by atoms with E-state index in [1.165, 1.54) is 5.56 Å². The van der Waals surface area contributed by atoms with Crippen LogP contribution in [0.15, 0.2) is 60.2 Å². The Morgan fingerprint density at radius 2 is 1.84 bits per heavy atom. The van der Waals surface area contributed by atoms with Crippen LogP contribution in [0.2, 0.25) is 0 Å². The highest BCUT2D eigenvalue weighted by atomic mass is 32.1. The SMILES string of the molecule is O=C(c1cccn1Cc1ccccc1)N1CCN(c2nccs2)CC1. The van der Waals surface area contributed by atoms with Gasteiger partial charge in [-0.2, -0.15) is 0 Å². The summed E-state index contributed by atoms with van der Waals surface area (Å²) < 4.78 is 2.03. The van der Waals surface area contributed by atoms with E-state index in [4.69, 9.17) is 0 Å². The minimum Gasteiger partial charge on any atom is -0.345 e. The number of rotatable bonds is 4. The van der Waals surface area contributed by atoms with Crippen LogP contribution in [-0.2, 0) is 6.54 Å². The topological polar surface area (TPSA) is 41.4 Å². The smallest absolute Gasteiger partial charge is 0.270 e. The van der Waals surface area contributed by atoms with Crippen molar-refractivity contribution in [1.29, 1.82) is 0 Å². The Labute approximate surface area is 151 Å². The maximum Gasteiger partial charge on any atom is 0.270 e. The maximum absolute atomic E-state index is 12.9. The number of carbonyl (C=O) groups excluding carboxylic acids is 1. The first-order valence-electron chi connectivity index (χ1n) is 8.44. The summed E-state index contributed by atoms with van der Waals surface area (Å²) in [5.41, 5.74) is 1.95. The number of piperazine rings is 1. The number of hydrogen-bond acceptors (Lipinski definition) is 4. The van der Waals surface area contributed by atoms with Gasteiger partial charge in [-0.05, 0) is 17.7 Å². The second-order valence-electron chi connectivity index (χ2n) is 6.10. The molecule has 1 saturated heterocycles. The van der Waals surface area contributed by atoms with Gasteiger partial charge in [-0.3, -0.25) is 4.79 Å². The number of amides is 1. The molecule has 5 nitrogen and oxygen atoms in total. The molecule has 4 rings (SSSR count). The van der Waals surface area contributed by atoms with Gasteiger partial charge in [0.25, 0.3) is 5.91 Å².